The first kappa shape index (κ1) is 12.9. The van der Waals surface area contributed by atoms with Crippen LogP contribution in [0.2, 0.25) is 0 Å². The molecule has 1 aromatic rings. The minimum absolute atomic E-state index is 0.160. The summed E-state index contributed by atoms with van der Waals surface area (Å²) < 4.78 is 5.09. The van der Waals surface area contributed by atoms with Crippen molar-refractivity contribution >= 4 is 11.6 Å². The van der Waals surface area contributed by atoms with E-state index >= 15 is 0 Å². The molecule has 0 spiro atoms. The largest absolute Gasteiger partial charge is 0.497 e. The molecule has 0 aliphatic heterocycles. The molecule has 1 aliphatic carbocycles. The number of ether oxygens (including phenoxy) is 1. The number of methoxy groups -OCH3 is 1. The van der Waals surface area contributed by atoms with E-state index in [0.29, 0.717) is 5.92 Å². The molecule has 0 heterocycles. The van der Waals surface area contributed by atoms with E-state index in [4.69, 9.17) is 4.74 Å². The Morgan fingerprint density at radius 1 is 1.22 bits per heavy atom. The maximum atomic E-state index is 12.2. The van der Waals surface area contributed by atoms with Crippen molar-refractivity contribution in [1.29, 1.82) is 0 Å². The fraction of sp³-hybridized carbons (Fsp3) is 0.533. The van der Waals surface area contributed by atoms with Gasteiger partial charge >= 0.3 is 0 Å². The van der Waals surface area contributed by atoms with Crippen molar-refractivity contribution in [1.82, 2.24) is 0 Å². The van der Waals surface area contributed by atoms with Gasteiger partial charge in [-0.15, -0.1) is 0 Å². The molecule has 3 heteroatoms. The highest BCUT2D eigenvalue weighted by molar-refractivity contribution is 5.92. The van der Waals surface area contributed by atoms with Crippen molar-refractivity contribution in [3.05, 3.63) is 24.3 Å². The molecule has 0 saturated heterocycles. The number of amides is 1. The Morgan fingerprint density at radius 2 is 1.89 bits per heavy atom. The number of anilines is 1. The Balaban J connectivity index is 1.97. The summed E-state index contributed by atoms with van der Waals surface area (Å²) in [4.78, 5) is 12.2. The molecule has 2 atom stereocenters. The molecule has 1 saturated carbocycles. The molecule has 1 N–H and O–H groups in total. The molecule has 0 radical (unpaired) electrons. The maximum absolute atomic E-state index is 12.2. The summed E-state index contributed by atoms with van der Waals surface area (Å²) >= 11 is 0. The zero-order valence-electron chi connectivity index (χ0n) is 11.1. The highest BCUT2D eigenvalue weighted by Gasteiger charge is 2.27. The zero-order valence-corrected chi connectivity index (χ0v) is 11.1. The van der Waals surface area contributed by atoms with Crippen LogP contribution < -0.4 is 10.1 Å². The van der Waals surface area contributed by atoms with Crippen LogP contribution in [0.15, 0.2) is 24.3 Å². The third-order valence-electron chi connectivity index (χ3n) is 3.81. The van der Waals surface area contributed by atoms with Gasteiger partial charge in [-0.25, -0.2) is 0 Å². The van der Waals surface area contributed by atoms with Gasteiger partial charge in [-0.2, -0.15) is 0 Å². The first-order valence-electron chi connectivity index (χ1n) is 6.65. The van der Waals surface area contributed by atoms with Crippen LogP contribution in [0, 0.1) is 11.8 Å². The lowest BCUT2D eigenvalue weighted by molar-refractivity contribution is -0.122. The molecule has 1 fully saturated rings. The molecule has 0 aromatic heterocycles. The Morgan fingerprint density at radius 3 is 2.50 bits per heavy atom. The van der Waals surface area contributed by atoms with Crippen LogP contribution in [0.1, 0.15) is 32.6 Å². The summed E-state index contributed by atoms with van der Waals surface area (Å²) in [7, 11) is 1.64. The fourth-order valence-electron chi connectivity index (χ4n) is 2.62. The van der Waals surface area contributed by atoms with Crippen LogP contribution in [0.3, 0.4) is 0 Å². The lowest BCUT2D eigenvalue weighted by Gasteiger charge is -2.27. The van der Waals surface area contributed by atoms with Crippen LogP contribution in [-0.4, -0.2) is 13.0 Å². The Labute approximate surface area is 109 Å². The van der Waals surface area contributed by atoms with Gasteiger partial charge in [-0.3, -0.25) is 4.79 Å². The second-order valence-corrected chi connectivity index (χ2v) is 5.09. The van der Waals surface area contributed by atoms with E-state index in [1.165, 1.54) is 19.3 Å². The van der Waals surface area contributed by atoms with Crippen molar-refractivity contribution in [2.75, 3.05) is 12.4 Å². The number of rotatable bonds is 3. The number of carbonyl (C=O) groups is 1. The van der Waals surface area contributed by atoms with Crippen LogP contribution in [-0.2, 0) is 4.79 Å². The smallest absolute Gasteiger partial charge is 0.227 e. The molecule has 3 nitrogen and oxygen atoms in total. The van der Waals surface area contributed by atoms with Gasteiger partial charge in [-0.1, -0.05) is 19.8 Å². The molecule has 18 heavy (non-hydrogen) atoms. The highest BCUT2D eigenvalue weighted by Crippen LogP contribution is 2.30. The number of benzene rings is 1. The van der Waals surface area contributed by atoms with Gasteiger partial charge in [0.05, 0.1) is 7.11 Å². The van der Waals surface area contributed by atoms with E-state index in [9.17, 15) is 4.79 Å². The first-order valence-corrected chi connectivity index (χ1v) is 6.65. The molecule has 1 amide bonds. The van der Waals surface area contributed by atoms with Crippen molar-refractivity contribution in [3.63, 3.8) is 0 Å². The van der Waals surface area contributed by atoms with Crippen molar-refractivity contribution in [3.8, 4) is 5.75 Å². The highest BCUT2D eigenvalue weighted by atomic mass is 16.5. The van der Waals surface area contributed by atoms with Crippen molar-refractivity contribution in [2.45, 2.75) is 32.6 Å². The number of carbonyl (C=O) groups excluding carboxylic acids is 1. The summed E-state index contributed by atoms with van der Waals surface area (Å²) in [6.45, 7) is 2.18. The van der Waals surface area contributed by atoms with E-state index in [1.807, 2.05) is 24.3 Å². The van der Waals surface area contributed by atoms with E-state index in [0.717, 1.165) is 17.9 Å². The van der Waals surface area contributed by atoms with Crippen LogP contribution in [0.5, 0.6) is 5.75 Å². The summed E-state index contributed by atoms with van der Waals surface area (Å²) in [6, 6.07) is 7.48. The lowest BCUT2D eigenvalue weighted by Crippen LogP contribution is -2.30. The second kappa shape index (κ2) is 5.89. The Hall–Kier alpha value is -1.51. The quantitative estimate of drug-likeness (QED) is 0.888. The summed E-state index contributed by atoms with van der Waals surface area (Å²) in [5.41, 5.74) is 0.846. The van der Waals surface area contributed by atoms with Crippen LogP contribution >= 0.6 is 0 Å². The van der Waals surface area contributed by atoms with E-state index in [-0.39, 0.29) is 11.8 Å². The molecule has 2 unspecified atom stereocenters. The summed E-state index contributed by atoms with van der Waals surface area (Å²) in [5.74, 6) is 1.63. The second-order valence-electron chi connectivity index (χ2n) is 5.09. The number of hydrogen-bond acceptors (Lipinski definition) is 2. The monoisotopic (exact) mass is 247 g/mol. The van der Waals surface area contributed by atoms with Crippen molar-refractivity contribution < 1.29 is 9.53 Å². The normalized spacial score (nSPS) is 23.4. The zero-order chi connectivity index (χ0) is 13.0. The third kappa shape index (κ3) is 3.03. The minimum atomic E-state index is 0.160. The average Bonchev–Trinajstić information content (AvgIpc) is 2.40. The summed E-state index contributed by atoms with van der Waals surface area (Å²) in [5, 5.41) is 3.00. The Kier molecular flexibility index (Phi) is 4.24. The average molecular weight is 247 g/mol. The SMILES string of the molecule is COc1ccc(NC(=O)C2CCCCC2C)cc1. The molecular formula is C15H21NO2. The standard InChI is InChI=1S/C15H21NO2/c1-11-5-3-4-6-14(11)15(17)16-12-7-9-13(18-2)10-8-12/h7-11,14H,3-6H2,1-2H3,(H,16,17). The van der Waals surface area contributed by atoms with Gasteiger partial charge in [0.15, 0.2) is 0 Å². The van der Waals surface area contributed by atoms with Gasteiger partial charge in [0.25, 0.3) is 0 Å². The van der Waals surface area contributed by atoms with Gasteiger partial charge in [0, 0.05) is 11.6 Å². The van der Waals surface area contributed by atoms with E-state index in [1.54, 1.807) is 7.11 Å². The van der Waals surface area contributed by atoms with Crippen LogP contribution in [0.25, 0.3) is 0 Å². The fourth-order valence-corrected chi connectivity index (χ4v) is 2.62. The molecule has 1 aromatic carbocycles. The number of hydrogen-bond donors (Lipinski definition) is 1. The van der Waals surface area contributed by atoms with Gasteiger partial charge < -0.3 is 10.1 Å². The van der Waals surface area contributed by atoms with Gasteiger partial charge in [0.2, 0.25) is 5.91 Å². The maximum Gasteiger partial charge on any atom is 0.227 e. The predicted octanol–water partition coefficient (Wildman–Crippen LogP) is 3.46. The predicted molar refractivity (Wildman–Crippen MR) is 72.7 cm³/mol. The Bertz CT molecular complexity index is 399. The first-order chi connectivity index (χ1) is 8.70. The van der Waals surface area contributed by atoms with Gasteiger partial charge in [0.1, 0.15) is 5.75 Å². The molecule has 0 bridgehead atoms. The third-order valence-corrected chi connectivity index (χ3v) is 3.81. The van der Waals surface area contributed by atoms with Crippen LogP contribution in [0.4, 0.5) is 5.69 Å². The lowest BCUT2D eigenvalue weighted by atomic mass is 9.80. The van der Waals surface area contributed by atoms with Crippen molar-refractivity contribution in [2.24, 2.45) is 11.8 Å². The van der Waals surface area contributed by atoms with E-state index in [2.05, 4.69) is 12.2 Å². The summed E-state index contributed by atoms with van der Waals surface area (Å²) in [6.07, 6.45) is 4.61. The van der Waals surface area contributed by atoms with Gasteiger partial charge in [-0.05, 0) is 43.0 Å². The number of nitrogens with one attached hydrogen (secondary N) is 1. The topological polar surface area (TPSA) is 38.3 Å². The minimum Gasteiger partial charge on any atom is -0.497 e. The molecule has 1 aliphatic rings. The molecular weight excluding hydrogens is 226 g/mol. The van der Waals surface area contributed by atoms with E-state index < -0.39 is 0 Å². The molecule has 2 rings (SSSR count). The molecule has 98 valence electrons.